The first-order chi connectivity index (χ1) is 7.67. The molecule has 0 bridgehead atoms. The first-order valence-electron chi connectivity index (χ1n) is 5.44. The molecular weight excluding hydrogens is 210 g/mol. The monoisotopic (exact) mass is 229 g/mol. The number of aromatic nitrogens is 2. The molecule has 0 fully saturated rings. The minimum absolute atomic E-state index is 0.0505. The Balaban J connectivity index is 2.55. The molecule has 0 aliphatic heterocycles. The zero-order valence-corrected chi connectivity index (χ0v) is 9.76. The summed E-state index contributed by atoms with van der Waals surface area (Å²) in [6, 6.07) is 0. The molecular formula is C10H19N3O3. The van der Waals surface area contributed by atoms with Crippen LogP contribution in [0.2, 0.25) is 0 Å². The third kappa shape index (κ3) is 3.88. The molecule has 1 heterocycles. The van der Waals surface area contributed by atoms with E-state index < -0.39 is 0 Å². The molecule has 0 saturated heterocycles. The Bertz CT molecular complexity index is 295. The van der Waals surface area contributed by atoms with Crippen molar-refractivity contribution in [3.05, 3.63) is 11.7 Å². The van der Waals surface area contributed by atoms with Crippen molar-refractivity contribution in [2.24, 2.45) is 0 Å². The molecule has 6 nitrogen and oxygen atoms in total. The molecule has 0 spiro atoms. The van der Waals surface area contributed by atoms with E-state index in [0.29, 0.717) is 31.3 Å². The fraction of sp³-hybridized carbons (Fsp3) is 0.800. The van der Waals surface area contributed by atoms with Gasteiger partial charge in [-0.3, -0.25) is 4.90 Å². The van der Waals surface area contributed by atoms with Crippen molar-refractivity contribution in [1.82, 2.24) is 15.0 Å². The lowest BCUT2D eigenvalue weighted by Crippen LogP contribution is -2.29. The minimum atomic E-state index is 0.0505. The van der Waals surface area contributed by atoms with Gasteiger partial charge < -0.3 is 14.7 Å². The van der Waals surface area contributed by atoms with Gasteiger partial charge in [0.2, 0.25) is 5.89 Å². The number of hydrogen-bond acceptors (Lipinski definition) is 6. The highest BCUT2D eigenvalue weighted by atomic mass is 16.5. The lowest BCUT2D eigenvalue weighted by atomic mass is 10.2. The summed E-state index contributed by atoms with van der Waals surface area (Å²) in [5, 5.41) is 21.5. The summed E-state index contributed by atoms with van der Waals surface area (Å²) in [7, 11) is 0. The molecule has 0 unspecified atom stereocenters. The van der Waals surface area contributed by atoms with Crippen molar-refractivity contribution in [2.45, 2.75) is 26.3 Å². The van der Waals surface area contributed by atoms with Crippen LogP contribution in [0.15, 0.2) is 4.52 Å². The van der Waals surface area contributed by atoms with Crippen molar-refractivity contribution in [3.8, 4) is 0 Å². The van der Waals surface area contributed by atoms with Gasteiger partial charge in [-0.2, -0.15) is 4.98 Å². The third-order valence-corrected chi connectivity index (χ3v) is 2.18. The van der Waals surface area contributed by atoms with Gasteiger partial charge in [-0.15, -0.1) is 0 Å². The molecule has 0 aliphatic rings. The summed E-state index contributed by atoms with van der Waals surface area (Å²) >= 11 is 0. The quantitative estimate of drug-likeness (QED) is 0.683. The maximum Gasteiger partial charge on any atom is 0.229 e. The fourth-order valence-corrected chi connectivity index (χ4v) is 1.32. The molecule has 0 amide bonds. The maximum atomic E-state index is 8.85. The SMILES string of the molecule is CC(C)c1nc(CN(CCO)CCO)no1. The highest BCUT2D eigenvalue weighted by molar-refractivity contribution is 4.90. The topological polar surface area (TPSA) is 82.6 Å². The molecule has 6 heteroatoms. The van der Waals surface area contributed by atoms with Gasteiger partial charge in [-0.05, 0) is 0 Å². The highest BCUT2D eigenvalue weighted by Gasteiger charge is 2.12. The number of nitrogens with zero attached hydrogens (tertiary/aromatic N) is 3. The van der Waals surface area contributed by atoms with Crippen LogP contribution in [0.5, 0.6) is 0 Å². The van der Waals surface area contributed by atoms with Crippen LogP contribution in [0.1, 0.15) is 31.5 Å². The van der Waals surface area contributed by atoms with Gasteiger partial charge in [0.05, 0.1) is 19.8 Å². The van der Waals surface area contributed by atoms with Crippen molar-refractivity contribution < 1.29 is 14.7 Å². The van der Waals surface area contributed by atoms with Crippen LogP contribution >= 0.6 is 0 Å². The Kier molecular flexibility index (Phi) is 5.37. The van der Waals surface area contributed by atoms with E-state index in [0.717, 1.165) is 0 Å². The van der Waals surface area contributed by atoms with Crippen molar-refractivity contribution in [2.75, 3.05) is 26.3 Å². The summed E-state index contributed by atoms with van der Waals surface area (Å²) in [5.74, 6) is 1.42. The Morgan fingerprint density at radius 3 is 2.31 bits per heavy atom. The standard InChI is InChI=1S/C10H19N3O3/c1-8(2)10-11-9(12-16-10)7-13(3-5-14)4-6-15/h8,14-15H,3-7H2,1-2H3. The van der Waals surface area contributed by atoms with Gasteiger partial charge in [0.25, 0.3) is 0 Å². The highest BCUT2D eigenvalue weighted by Crippen LogP contribution is 2.11. The molecule has 0 radical (unpaired) electrons. The van der Waals surface area contributed by atoms with E-state index in [1.54, 1.807) is 0 Å². The smallest absolute Gasteiger partial charge is 0.229 e. The van der Waals surface area contributed by atoms with Crippen LogP contribution in [-0.2, 0) is 6.54 Å². The van der Waals surface area contributed by atoms with E-state index in [9.17, 15) is 0 Å². The second kappa shape index (κ2) is 6.57. The van der Waals surface area contributed by atoms with E-state index in [2.05, 4.69) is 10.1 Å². The molecule has 0 aliphatic carbocycles. The second-order valence-electron chi connectivity index (χ2n) is 3.93. The van der Waals surface area contributed by atoms with Gasteiger partial charge in [-0.1, -0.05) is 19.0 Å². The zero-order chi connectivity index (χ0) is 12.0. The maximum absolute atomic E-state index is 8.85. The van der Waals surface area contributed by atoms with E-state index in [1.165, 1.54) is 0 Å². The van der Waals surface area contributed by atoms with Crippen molar-refractivity contribution in [1.29, 1.82) is 0 Å². The van der Waals surface area contributed by atoms with Gasteiger partial charge >= 0.3 is 0 Å². The summed E-state index contributed by atoms with van der Waals surface area (Å²) < 4.78 is 5.07. The van der Waals surface area contributed by atoms with E-state index >= 15 is 0 Å². The lowest BCUT2D eigenvalue weighted by Gasteiger charge is -2.17. The Morgan fingerprint density at radius 2 is 1.88 bits per heavy atom. The molecule has 1 rings (SSSR count). The number of hydrogen-bond donors (Lipinski definition) is 2. The molecule has 16 heavy (non-hydrogen) atoms. The summed E-state index contributed by atoms with van der Waals surface area (Å²) in [4.78, 5) is 6.10. The molecule has 1 aromatic rings. The molecule has 0 aromatic carbocycles. The van der Waals surface area contributed by atoms with Crippen LogP contribution in [0.25, 0.3) is 0 Å². The van der Waals surface area contributed by atoms with E-state index in [4.69, 9.17) is 14.7 Å². The largest absolute Gasteiger partial charge is 0.395 e. The predicted molar refractivity (Wildman–Crippen MR) is 57.8 cm³/mol. The van der Waals surface area contributed by atoms with Crippen LogP contribution in [0.3, 0.4) is 0 Å². The summed E-state index contributed by atoms with van der Waals surface area (Å²) in [6.45, 7) is 5.53. The van der Waals surface area contributed by atoms with Crippen molar-refractivity contribution >= 4 is 0 Å². The minimum Gasteiger partial charge on any atom is -0.395 e. The first kappa shape index (κ1) is 13.1. The third-order valence-electron chi connectivity index (χ3n) is 2.18. The Hall–Kier alpha value is -0.980. The number of aliphatic hydroxyl groups is 2. The lowest BCUT2D eigenvalue weighted by molar-refractivity contribution is 0.152. The molecule has 0 saturated carbocycles. The molecule has 1 aromatic heterocycles. The first-order valence-corrected chi connectivity index (χ1v) is 5.44. The van der Waals surface area contributed by atoms with Crippen LogP contribution < -0.4 is 0 Å². The average molecular weight is 229 g/mol. The number of rotatable bonds is 7. The Morgan fingerprint density at radius 1 is 1.25 bits per heavy atom. The van der Waals surface area contributed by atoms with Gasteiger partial charge in [0.15, 0.2) is 5.82 Å². The molecule has 92 valence electrons. The molecule has 2 N–H and O–H groups in total. The molecule has 0 atom stereocenters. The van der Waals surface area contributed by atoms with E-state index in [1.807, 2.05) is 18.7 Å². The van der Waals surface area contributed by atoms with Crippen LogP contribution in [0.4, 0.5) is 0 Å². The normalized spacial score (nSPS) is 11.6. The van der Waals surface area contributed by atoms with Gasteiger partial charge in [-0.25, -0.2) is 0 Å². The summed E-state index contributed by atoms with van der Waals surface area (Å²) in [5.41, 5.74) is 0. The predicted octanol–water partition coefficient (Wildman–Crippen LogP) is -0.0204. The van der Waals surface area contributed by atoms with Gasteiger partial charge in [0, 0.05) is 19.0 Å². The van der Waals surface area contributed by atoms with Crippen molar-refractivity contribution in [3.63, 3.8) is 0 Å². The van der Waals surface area contributed by atoms with Gasteiger partial charge in [0.1, 0.15) is 0 Å². The van der Waals surface area contributed by atoms with Crippen LogP contribution in [0, 0.1) is 0 Å². The zero-order valence-electron chi connectivity index (χ0n) is 9.76. The fourth-order valence-electron chi connectivity index (χ4n) is 1.32. The Labute approximate surface area is 94.9 Å². The van der Waals surface area contributed by atoms with Crippen LogP contribution in [-0.4, -0.2) is 51.6 Å². The second-order valence-corrected chi connectivity index (χ2v) is 3.93. The average Bonchev–Trinajstić information content (AvgIpc) is 2.67. The van der Waals surface area contributed by atoms with E-state index in [-0.39, 0.29) is 19.1 Å². The summed E-state index contributed by atoms with van der Waals surface area (Å²) in [6.07, 6.45) is 0. The number of aliphatic hydroxyl groups excluding tert-OH is 2.